The van der Waals surface area contributed by atoms with Crippen molar-refractivity contribution in [3.05, 3.63) is 119 Å². The van der Waals surface area contributed by atoms with Gasteiger partial charge in [0.05, 0.1) is 17.1 Å². The van der Waals surface area contributed by atoms with E-state index >= 15 is 0 Å². The van der Waals surface area contributed by atoms with Crippen molar-refractivity contribution in [2.75, 3.05) is 18.1 Å². The van der Waals surface area contributed by atoms with E-state index in [-0.39, 0.29) is 23.3 Å². The first-order valence-corrected chi connectivity index (χ1v) is 14.1. The lowest BCUT2D eigenvalue weighted by Gasteiger charge is -2.19. The summed E-state index contributed by atoms with van der Waals surface area (Å²) in [6.45, 7) is 0.250. The number of nitrogens with one attached hydrogen (secondary N) is 2. The number of benzene rings is 4. The molecule has 198 valence electrons. The number of carbonyl (C=O) groups excluding carboxylic acids is 1. The summed E-state index contributed by atoms with van der Waals surface area (Å²) in [6, 6.07) is 25.9. The lowest BCUT2D eigenvalue weighted by atomic mass is 10.0. The Hall–Kier alpha value is -4.34. The maximum atomic E-state index is 13.5. The van der Waals surface area contributed by atoms with Gasteiger partial charge in [-0.1, -0.05) is 35.9 Å². The molecule has 7 nitrogen and oxygen atoms in total. The maximum absolute atomic E-state index is 13.5. The van der Waals surface area contributed by atoms with Gasteiger partial charge in [0.2, 0.25) is 0 Å². The molecule has 0 saturated heterocycles. The molecule has 4 aromatic rings. The van der Waals surface area contributed by atoms with Crippen molar-refractivity contribution >= 4 is 44.4 Å². The van der Waals surface area contributed by atoms with Gasteiger partial charge < -0.3 is 10.1 Å². The van der Waals surface area contributed by atoms with Gasteiger partial charge in [-0.05, 0) is 83.9 Å². The van der Waals surface area contributed by atoms with Gasteiger partial charge in [-0.25, -0.2) is 22.6 Å². The van der Waals surface area contributed by atoms with Crippen molar-refractivity contribution in [1.82, 2.24) is 10.4 Å². The Morgan fingerprint density at radius 1 is 0.872 bits per heavy atom. The molecule has 1 aliphatic heterocycles. The van der Waals surface area contributed by atoms with Gasteiger partial charge in [-0.3, -0.25) is 5.43 Å². The third-order valence-corrected chi connectivity index (χ3v) is 7.41. The maximum Gasteiger partial charge on any atom is 0.340 e. The first-order valence-electron chi connectivity index (χ1n) is 11.8. The number of urea groups is 1. The van der Waals surface area contributed by atoms with Gasteiger partial charge in [0.25, 0.3) is 0 Å². The highest BCUT2D eigenvalue weighted by molar-refractivity contribution is 7.90. The van der Waals surface area contributed by atoms with Crippen LogP contribution in [0.25, 0.3) is 11.3 Å². The second-order valence-corrected chi connectivity index (χ2v) is 11.3. The number of rotatable bonds is 6. The molecule has 4 aromatic carbocycles. The molecule has 0 radical (unpaired) electrons. The van der Waals surface area contributed by atoms with Crippen molar-refractivity contribution in [3.63, 3.8) is 0 Å². The van der Waals surface area contributed by atoms with E-state index in [2.05, 4.69) is 10.7 Å². The van der Waals surface area contributed by atoms with E-state index in [4.69, 9.17) is 16.3 Å². The van der Waals surface area contributed by atoms with Gasteiger partial charge >= 0.3 is 6.03 Å². The number of ether oxygens (including phenoxy) is 1. The Morgan fingerprint density at radius 3 is 2.03 bits per heavy atom. The standard InChI is InChI=1S/C29H23ClFN3O4S/c1-39(36,37)26-16-14-25(15-17-26)38-24-12-10-23(11-13-24)32-29(35)34-18-27(19-4-8-22(31)9-5-19)28(33-34)20-2-6-21(30)7-3-20/h2-17,33H,18H2,1H3,(H,32,35). The predicted octanol–water partition coefficient (Wildman–Crippen LogP) is 6.60. The van der Waals surface area contributed by atoms with Crippen LogP contribution >= 0.6 is 11.6 Å². The molecular formula is C29H23ClFN3O4S. The molecule has 0 spiro atoms. The average Bonchev–Trinajstić information content (AvgIpc) is 3.36. The Bertz CT molecular complexity index is 1580. The normalized spacial score (nSPS) is 13.3. The number of carbonyl (C=O) groups is 1. The van der Waals surface area contributed by atoms with Crippen LogP contribution in [0.5, 0.6) is 11.5 Å². The quantitative estimate of drug-likeness (QED) is 0.276. The lowest BCUT2D eigenvalue weighted by Crippen LogP contribution is -2.40. The largest absolute Gasteiger partial charge is 0.457 e. The summed E-state index contributed by atoms with van der Waals surface area (Å²) in [7, 11) is -3.29. The van der Waals surface area contributed by atoms with E-state index in [1.807, 2.05) is 12.1 Å². The van der Waals surface area contributed by atoms with Gasteiger partial charge in [-0.2, -0.15) is 0 Å². The summed E-state index contributed by atoms with van der Waals surface area (Å²) in [5, 5.41) is 4.89. The predicted molar refractivity (Wildman–Crippen MR) is 150 cm³/mol. The number of hydrazine groups is 1. The average molecular weight is 564 g/mol. The summed E-state index contributed by atoms with van der Waals surface area (Å²) in [4.78, 5) is 13.3. The Kier molecular flexibility index (Phi) is 7.28. The number of anilines is 1. The monoisotopic (exact) mass is 563 g/mol. The van der Waals surface area contributed by atoms with E-state index in [1.165, 1.54) is 29.3 Å². The van der Waals surface area contributed by atoms with Crippen LogP contribution in [0.15, 0.2) is 102 Å². The highest BCUT2D eigenvalue weighted by Gasteiger charge is 2.27. The summed E-state index contributed by atoms with van der Waals surface area (Å²) in [6.07, 6.45) is 1.14. The fourth-order valence-corrected chi connectivity index (χ4v) is 4.79. The molecule has 1 heterocycles. The SMILES string of the molecule is CS(=O)(=O)c1ccc(Oc2ccc(NC(=O)N3CC(c4ccc(F)cc4)=C(c4ccc(Cl)cc4)N3)cc2)cc1. The van der Waals surface area contributed by atoms with Crippen LogP contribution in [0, 0.1) is 5.82 Å². The molecular weight excluding hydrogens is 541 g/mol. The molecule has 0 aliphatic carbocycles. The first-order chi connectivity index (χ1) is 18.7. The minimum Gasteiger partial charge on any atom is -0.457 e. The fourth-order valence-electron chi connectivity index (χ4n) is 4.03. The molecule has 0 fully saturated rings. The third-order valence-electron chi connectivity index (χ3n) is 6.03. The Morgan fingerprint density at radius 2 is 1.44 bits per heavy atom. The van der Waals surface area contributed by atoms with E-state index in [9.17, 15) is 17.6 Å². The molecule has 0 saturated carbocycles. The molecule has 39 heavy (non-hydrogen) atoms. The van der Waals surface area contributed by atoms with Gasteiger partial charge in [0, 0.05) is 22.5 Å². The van der Waals surface area contributed by atoms with E-state index in [0.29, 0.717) is 22.2 Å². The minimum atomic E-state index is -3.29. The van der Waals surface area contributed by atoms with Gasteiger partial charge in [-0.15, -0.1) is 0 Å². The van der Waals surface area contributed by atoms with Crippen LogP contribution in [0.1, 0.15) is 11.1 Å². The smallest absolute Gasteiger partial charge is 0.340 e. The summed E-state index contributed by atoms with van der Waals surface area (Å²) in [5.41, 5.74) is 6.89. The van der Waals surface area contributed by atoms with Gasteiger partial charge in [0.1, 0.15) is 17.3 Å². The van der Waals surface area contributed by atoms with Crippen LogP contribution in [0.2, 0.25) is 5.02 Å². The minimum absolute atomic E-state index is 0.208. The zero-order valence-corrected chi connectivity index (χ0v) is 22.3. The number of nitrogens with zero attached hydrogens (tertiary/aromatic N) is 1. The summed E-state index contributed by atoms with van der Waals surface area (Å²) in [5.74, 6) is 0.658. The van der Waals surface area contributed by atoms with Crippen molar-refractivity contribution in [3.8, 4) is 11.5 Å². The second kappa shape index (κ2) is 10.8. The molecule has 5 rings (SSSR count). The Labute approximate surface area is 230 Å². The molecule has 0 unspecified atom stereocenters. The van der Waals surface area contributed by atoms with Crippen molar-refractivity contribution in [1.29, 1.82) is 0 Å². The van der Waals surface area contributed by atoms with Crippen LogP contribution in [-0.4, -0.2) is 32.3 Å². The van der Waals surface area contributed by atoms with Crippen molar-refractivity contribution < 1.29 is 22.3 Å². The summed E-state index contributed by atoms with van der Waals surface area (Å²) < 4.78 is 42.6. The van der Waals surface area contributed by atoms with Crippen LogP contribution in [0.4, 0.5) is 14.9 Å². The topological polar surface area (TPSA) is 87.7 Å². The second-order valence-electron chi connectivity index (χ2n) is 8.87. The summed E-state index contributed by atoms with van der Waals surface area (Å²) >= 11 is 6.05. The van der Waals surface area contributed by atoms with Crippen molar-refractivity contribution in [2.45, 2.75) is 4.90 Å². The number of amides is 2. The number of sulfone groups is 1. The molecule has 0 bridgehead atoms. The molecule has 2 amide bonds. The first kappa shape index (κ1) is 26.3. The van der Waals surface area contributed by atoms with Crippen LogP contribution in [-0.2, 0) is 9.84 Å². The van der Waals surface area contributed by atoms with Crippen molar-refractivity contribution in [2.24, 2.45) is 0 Å². The molecule has 2 N–H and O–H groups in total. The highest BCUT2D eigenvalue weighted by atomic mass is 35.5. The van der Waals surface area contributed by atoms with Crippen LogP contribution in [0.3, 0.4) is 0 Å². The lowest BCUT2D eigenvalue weighted by molar-refractivity contribution is 0.210. The Balaban J connectivity index is 1.28. The number of hydrogen-bond donors (Lipinski definition) is 2. The molecule has 10 heteroatoms. The van der Waals surface area contributed by atoms with Gasteiger partial charge in [0.15, 0.2) is 9.84 Å². The molecule has 0 atom stereocenters. The fraction of sp³-hybridized carbons (Fsp3) is 0.0690. The van der Waals surface area contributed by atoms with E-state index in [0.717, 1.165) is 28.7 Å². The zero-order chi connectivity index (χ0) is 27.6. The third kappa shape index (κ3) is 6.22. The number of hydrogen-bond acceptors (Lipinski definition) is 5. The highest BCUT2D eigenvalue weighted by Crippen LogP contribution is 2.31. The van der Waals surface area contributed by atoms with Crippen LogP contribution < -0.4 is 15.5 Å². The molecule has 0 aromatic heterocycles. The van der Waals surface area contributed by atoms with E-state index < -0.39 is 9.84 Å². The zero-order valence-electron chi connectivity index (χ0n) is 20.7. The van der Waals surface area contributed by atoms with E-state index in [1.54, 1.807) is 60.7 Å². The number of halogens is 2. The molecule has 1 aliphatic rings.